The fourth-order valence-corrected chi connectivity index (χ4v) is 3.46. The summed E-state index contributed by atoms with van der Waals surface area (Å²) in [5.74, 6) is -0.903. The zero-order valence-electron chi connectivity index (χ0n) is 15.3. The topological polar surface area (TPSA) is 54.5 Å². The van der Waals surface area contributed by atoms with Crippen LogP contribution in [0.5, 0.6) is 5.75 Å². The smallest absolute Gasteiger partial charge is 0.199 e. The molecular formula is C22H18ClFN2O2. The molecule has 0 spiro atoms. The predicted molar refractivity (Wildman–Crippen MR) is 106 cm³/mol. The van der Waals surface area contributed by atoms with Gasteiger partial charge in [-0.05, 0) is 31.0 Å². The van der Waals surface area contributed by atoms with Crippen molar-refractivity contribution in [3.8, 4) is 5.75 Å². The van der Waals surface area contributed by atoms with E-state index in [2.05, 4.69) is 9.98 Å². The number of benzene rings is 2. The van der Waals surface area contributed by atoms with Crippen LogP contribution in [0.15, 0.2) is 47.6 Å². The van der Waals surface area contributed by atoms with E-state index in [1.165, 1.54) is 12.1 Å². The van der Waals surface area contributed by atoms with Crippen LogP contribution in [0.25, 0.3) is 6.08 Å². The van der Waals surface area contributed by atoms with Crippen molar-refractivity contribution in [2.75, 3.05) is 6.54 Å². The van der Waals surface area contributed by atoms with Crippen molar-refractivity contribution in [1.82, 2.24) is 4.98 Å². The lowest BCUT2D eigenvalue weighted by atomic mass is 10.0. The van der Waals surface area contributed by atoms with E-state index in [9.17, 15) is 9.18 Å². The Bertz CT molecular complexity index is 1170. The zero-order valence-corrected chi connectivity index (χ0v) is 16.0. The van der Waals surface area contributed by atoms with E-state index in [1.54, 1.807) is 6.20 Å². The highest BCUT2D eigenvalue weighted by atomic mass is 35.5. The molecule has 4 rings (SSSR count). The monoisotopic (exact) mass is 396 g/mol. The van der Waals surface area contributed by atoms with Gasteiger partial charge in [-0.1, -0.05) is 47.5 Å². The van der Waals surface area contributed by atoms with Gasteiger partial charge >= 0.3 is 0 Å². The van der Waals surface area contributed by atoms with Gasteiger partial charge in [0.15, 0.2) is 5.78 Å². The van der Waals surface area contributed by atoms with Crippen LogP contribution in [0, 0.1) is 12.7 Å². The molecule has 0 radical (unpaired) electrons. The van der Waals surface area contributed by atoms with E-state index in [4.69, 9.17) is 16.3 Å². The third-order valence-electron chi connectivity index (χ3n) is 4.69. The maximum Gasteiger partial charge on any atom is 0.199 e. The normalized spacial score (nSPS) is 12.7. The Morgan fingerprint density at radius 2 is 2.04 bits per heavy atom. The third-order valence-corrected chi connectivity index (χ3v) is 5.06. The van der Waals surface area contributed by atoms with E-state index >= 15 is 0 Å². The molecule has 0 saturated carbocycles. The molecule has 0 atom stereocenters. The summed E-state index contributed by atoms with van der Waals surface area (Å²) in [6.45, 7) is 2.94. The van der Waals surface area contributed by atoms with Gasteiger partial charge < -0.3 is 9.72 Å². The Kier molecular flexibility index (Phi) is 5.01. The summed E-state index contributed by atoms with van der Waals surface area (Å²) in [4.78, 5) is 20.3. The molecule has 0 aliphatic carbocycles. The van der Waals surface area contributed by atoms with E-state index in [0.29, 0.717) is 22.8 Å². The number of H-pyrrole nitrogens is 1. The number of hydrogen-bond acceptors (Lipinski definition) is 3. The first kappa shape index (κ1) is 18.4. The van der Waals surface area contributed by atoms with Gasteiger partial charge in [0.1, 0.15) is 23.7 Å². The van der Waals surface area contributed by atoms with Gasteiger partial charge in [0.2, 0.25) is 0 Å². The van der Waals surface area contributed by atoms with Crippen molar-refractivity contribution in [3.05, 3.63) is 86.4 Å². The number of rotatable bonds is 5. The Morgan fingerprint density at radius 1 is 1.25 bits per heavy atom. The first-order chi connectivity index (χ1) is 13.5. The standard InChI is InChI=1S/C22H18ClFN2O2/c1-13-4-6-14(7-5-13)12-28-18-9-8-17(24)19(20(18)23)21(27)16-11-26-22-15(16)3-2-10-25-22/h3-9,11H,2,10,12H2,1H3,(H,25,26). The van der Waals surface area contributed by atoms with E-state index in [0.717, 1.165) is 17.5 Å². The van der Waals surface area contributed by atoms with Gasteiger partial charge in [-0.25, -0.2) is 4.39 Å². The summed E-state index contributed by atoms with van der Waals surface area (Å²) in [6, 6.07) is 10.5. The quantitative estimate of drug-likeness (QED) is 0.668. The molecule has 0 fully saturated rings. The molecule has 0 amide bonds. The summed E-state index contributed by atoms with van der Waals surface area (Å²) >= 11 is 6.37. The highest BCUT2D eigenvalue weighted by molar-refractivity contribution is 6.36. The highest BCUT2D eigenvalue weighted by Gasteiger charge is 2.23. The highest BCUT2D eigenvalue weighted by Crippen LogP contribution is 2.32. The lowest BCUT2D eigenvalue weighted by Crippen LogP contribution is -2.30. The molecule has 1 N–H and O–H groups in total. The van der Waals surface area contributed by atoms with Crippen molar-refractivity contribution in [1.29, 1.82) is 0 Å². The SMILES string of the molecule is Cc1ccc(COc2ccc(F)c(C(=O)c3c[nH]c4c3=CCCN=4)c2Cl)cc1. The number of carbonyl (C=O) groups is 1. The number of nitrogens with one attached hydrogen (secondary N) is 1. The average molecular weight is 397 g/mol. The van der Waals surface area contributed by atoms with Gasteiger partial charge in [-0.2, -0.15) is 0 Å². The number of carbonyl (C=O) groups excluding carboxylic acids is 1. The largest absolute Gasteiger partial charge is 0.487 e. The fourth-order valence-electron chi connectivity index (χ4n) is 3.17. The van der Waals surface area contributed by atoms with Gasteiger partial charge in [0.05, 0.1) is 10.6 Å². The number of halogens is 2. The lowest BCUT2D eigenvalue weighted by Gasteiger charge is -2.12. The number of aryl methyl sites for hydroxylation is 1. The maximum absolute atomic E-state index is 14.5. The molecule has 1 aliphatic rings. The van der Waals surface area contributed by atoms with E-state index in [-0.39, 0.29) is 22.9 Å². The molecule has 1 aliphatic heterocycles. The number of aromatic nitrogens is 1. The van der Waals surface area contributed by atoms with Gasteiger partial charge in [0.25, 0.3) is 0 Å². The zero-order chi connectivity index (χ0) is 19.7. The molecule has 0 unspecified atom stereocenters. The van der Waals surface area contributed by atoms with Gasteiger partial charge in [0, 0.05) is 23.5 Å². The van der Waals surface area contributed by atoms with Crippen molar-refractivity contribution < 1.29 is 13.9 Å². The summed E-state index contributed by atoms with van der Waals surface area (Å²) in [5.41, 5.74) is 2.90. The molecule has 2 aromatic carbocycles. The number of fused-ring (bicyclic) bond motifs is 1. The molecule has 0 saturated heterocycles. The van der Waals surface area contributed by atoms with Crippen LogP contribution < -0.4 is 15.4 Å². The molecule has 4 nitrogen and oxygen atoms in total. The third kappa shape index (κ3) is 3.45. The Balaban J connectivity index is 1.66. The molecule has 142 valence electrons. The van der Waals surface area contributed by atoms with E-state index < -0.39 is 11.6 Å². The first-order valence-corrected chi connectivity index (χ1v) is 9.35. The molecule has 6 heteroatoms. The number of ether oxygens (including phenoxy) is 1. The maximum atomic E-state index is 14.5. The molecule has 2 heterocycles. The fraction of sp³-hybridized carbons (Fsp3) is 0.182. The van der Waals surface area contributed by atoms with Crippen LogP contribution in [-0.2, 0) is 6.61 Å². The van der Waals surface area contributed by atoms with Crippen LogP contribution in [0.4, 0.5) is 4.39 Å². The van der Waals surface area contributed by atoms with Crippen LogP contribution in [0.3, 0.4) is 0 Å². The van der Waals surface area contributed by atoms with Crippen LogP contribution in [0.2, 0.25) is 5.02 Å². The van der Waals surface area contributed by atoms with Crippen LogP contribution >= 0.6 is 11.6 Å². The predicted octanol–water partition coefficient (Wildman–Crippen LogP) is 3.73. The van der Waals surface area contributed by atoms with Crippen LogP contribution in [-0.4, -0.2) is 17.3 Å². The molecular weight excluding hydrogens is 379 g/mol. The summed E-state index contributed by atoms with van der Waals surface area (Å²) in [5, 5.41) is 0.664. The summed E-state index contributed by atoms with van der Waals surface area (Å²) in [7, 11) is 0. The minimum atomic E-state index is -0.680. The first-order valence-electron chi connectivity index (χ1n) is 8.97. The van der Waals surface area contributed by atoms with Crippen molar-refractivity contribution in [2.24, 2.45) is 4.99 Å². The number of hydrogen-bond donors (Lipinski definition) is 1. The van der Waals surface area contributed by atoms with Crippen molar-refractivity contribution >= 4 is 23.5 Å². The van der Waals surface area contributed by atoms with Gasteiger partial charge in [-0.15, -0.1) is 0 Å². The summed E-state index contributed by atoms with van der Waals surface area (Å²) in [6.07, 6.45) is 4.21. The minimum absolute atomic E-state index is 0.0280. The second-order valence-corrected chi connectivity index (χ2v) is 7.06. The second-order valence-electron chi connectivity index (χ2n) is 6.68. The Morgan fingerprint density at radius 3 is 2.82 bits per heavy atom. The van der Waals surface area contributed by atoms with Crippen molar-refractivity contribution in [3.63, 3.8) is 0 Å². The molecule has 0 bridgehead atoms. The van der Waals surface area contributed by atoms with Gasteiger partial charge in [-0.3, -0.25) is 9.79 Å². The Labute approximate surface area is 166 Å². The summed E-state index contributed by atoms with van der Waals surface area (Å²) < 4.78 is 20.3. The number of nitrogens with zero attached hydrogens (tertiary/aromatic N) is 1. The minimum Gasteiger partial charge on any atom is -0.487 e. The second kappa shape index (κ2) is 7.60. The number of ketones is 1. The molecule has 28 heavy (non-hydrogen) atoms. The molecule has 3 aromatic rings. The van der Waals surface area contributed by atoms with E-state index in [1.807, 2.05) is 37.3 Å². The lowest BCUT2D eigenvalue weighted by molar-refractivity contribution is 0.103. The van der Waals surface area contributed by atoms with Crippen LogP contribution in [0.1, 0.15) is 33.5 Å². The average Bonchev–Trinajstić information content (AvgIpc) is 3.13. The Hall–Kier alpha value is -2.92. The molecule has 1 aromatic heterocycles. The van der Waals surface area contributed by atoms with Crippen molar-refractivity contribution in [2.45, 2.75) is 20.0 Å². The number of aromatic amines is 1.